The van der Waals surface area contributed by atoms with Crippen molar-refractivity contribution in [2.45, 2.75) is 25.4 Å². The third-order valence-electron chi connectivity index (χ3n) is 2.68. The zero-order chi connectivity index (χ0) is 13.4. The number of aliphatic hydroxyl groups is 2. The predicted octanol–water partition coefficient (Wildman–Crippen LogP) is 1.75. The van der Waals surface area contributed by atoms with Crippen molar-refractivity contribution in [2.75, 3.05) is 19.7 Å². The van der Waals surface area contributed by atoms with Gasteiger partial charge in [0.25, 0.3) is 0 Å². The molecular formula is C13H19F2NO2. The molecule has 0 aliphatic carbocycles. The molecule has 0 aromatic heterocycles. The van der Waals surface area contributed by atoms with Crippen molar-refractivity contribution in [3.8, 4) is 0 Å². The minimum Gasteiger partial charge on any atom is -0.396 e. The number of aliphatic hydroxyl groups excluding tert-OH is 2. The van der Waals surface area contributed by atoms with E-state index in [0.29, 0.717) is 6.54 Å². The van der Waals surface area contributed by atoms with Crippen LogP contribution in [0.15, 0.2) is 18.2 Å². The molecule has 0 aliphatic heterocycles. The first-order valence-corrected chi connectivity index (χ1v) is 6.10. The molecule has 1 aromatic rings. The van der Waals surface area contributed by atoms with Gasteiger partial charge in [0.1, 0.15) is 11.6 Å². The van der Waals surface area contributed by atoms with Crippen molar-refractivity contribution in [1.82, 2.24) is 5.32 Å². The summed E-state index contributed by atoms with van der Waals surface area (Å²) in [5.74, 6) is -1.46. The third-order valence-corrected chi connectivity index (χ3v) is 2.68. The fourth-order valence-corrected chi connectivity index (χ4v) is 1.71. The lowest BCUT2D eigenvalue weighted by atomic mass is 10.1. The third kappa shape index (κ3) is 4.68. The van der Waals surface area contributed by atoms with E-state index in [1.807, 2.05) is 0 Å². The van der Waals surface area contributed by atoms with Crippen LogP contribution in [0, 0.1) is 11.6 Å². The summed E-state index contributed by atoms with van der Waals surface area (Å²) in [4.78, 5) is 0. The molecule has 0 heterocycles. The lowest BCUT2D eigenvalue weighted by molar-refractivity contribution is 0.165. The molecule has 1 atom stereocenters. The normalized spacial score (nSPS) is 12.7. The summed E-state index contributed by atoms with van der Waals surface area (Å²) in [5, 5.41) is 21.2. The van der Waals surface area contributed by atoms with Gasteiger partial charge in [-0.25, -0.2) is 8.78 Å². The molecule has 0 fully saturated rings. The molecule has 0 radical (unpaired) electrons. The van der Waals surface area contributed by atoms with E-state index in [-0.39, 0.29) is 18.7 Å². The molecule has 1 rings (SSSR count). The number of nitrogens with one attached hydrogen (secondary N) is 1. The number of unbranched alkanes of at least 4 members (excludes halogenated alkanes) is 2. The molecule has 1 unspecified atom stereocenters. The SMILES string of the molecule is OCCCCCNCC(O)c1c(F)cccc1F. The van der Waals surface area contributed by atoms with Gasteiger partial charge >= 0.3 is 0 Å². The predicted molar refractivity (Wildman–Crippen MR) is 65.1 cm³/mol. The lowest BCUT2D eigenvalue weighted by Crippen LogP contribution is -2.23. The molecule has 0 bridgehead atoms. The van der Waals surface area contributed by atoms with Crippen LogP contribution in [0.25, 0.3) is 0 Å². The number of benzene rings is 1. The highest BCUT2D eigenvalue weighted by atomic mass is 19.1. The zero-order valence-electron chi connectivity index (χ0n) is 10.2. The topological polar surface area (TPSA) is 52.5 Å². The van der Waals surface area contributed by atoms with Crippen LogP contribution in [0.2, 0.25) is 0 Å². The van der Waals surface area contributed by atoms with Crippen LogP contribution in [0.4, 0.5) is 8.78 Å². The van der Waals surface area contributed by atoms with Crippen LogP contribution < -0.4 is 5.32 Å². The van der Waals surface area contributed by atoms with Gasteiger partial charge in [0.2, 0.25) is 0 Å². The molecule has 3 nitrogen and oxygen atoms in total. The fourth-order valence-electron chi connectivity index (χ4n) is 1.71. The second-order valence-corrected chi connectivity index (χ2v) is 4.14. The summed E-state index contributed by atoms with van der Waals surface area (Å²) in [5.41, 5.74) is -0.291. The van der Waals surface area contributed by atoms with Gasteiger partial charge in [-0.2, -0.15) is 0 Å². The van der Waals surface area contributed by atoms with Crippen LogP contribution in [-0.4, -0.2) is 29.9 Å². The summed E-state index contributed by atoms with van der Waals surface area (Å²) < 4.78 is 26.6. The number of hydrogen-bond donors (Lipinski definition) is 3. The maximum Gasteiger partial charge on any atom is 0.131 e. The quantitative estimate of drug-likeness (QED) is 0.623. The van der Waals surface area contributed by atoms with E-state index < -0.39 is 17.7 Å². The first kappa shape index (κ1) is 15.0. The van der Waals surface area contributed by atoms with Crippen molar-refractivity contribution in [2.24, 2.45) is 0 Å². The molecular weight excluding hydrogens is 240 g/mol. The minimum absolute atomic E-state index is 0.108. The number of hydrogen-bond acceptors (Lipinski definition) is 3. The Hall–Kier alpha value is -1.04. The Morgan fingerprint density at radius 2 is 1.78 bits per heavy atom. The van der Waals surface area contributed by atoms with Crippen LogP contribution in [0.5, 0.6) is 0 Å². The Kier molecular flexibility index (Phi) is 6.78. The van der Waals surface area contributed by atoms with E-state index in [4.69, 9.17) is 5.11 Å². The van der Waals surface area contributed by atoms with Crippen molar-refractivity contribution < 1.29 is 19.0 Å². The highest BCUT2D eigenvalue weighted by Gasteiger charge is 2.16. The standard InChI is InChI=1S/C13H19F2NO2/c14-10-5-4-6-11(15)13(10)12(18)9-16-7-2-1-3-8-17/h4-6,12,16-18H,1-3,7-9H2. The first-order valence-electron chi connectivity index (χ1n) is 6.10. The van der Waals surface area contributed by atoms with Crippen molar-refractivity contribution in [1.29, 1.82) is 0 Å². The molecule has 0 aliphatic rings. The van der Waals surface area contributed by atoms with E-state index in [2.05, 4.69) is 5.32 Å². The summed E-state index contributed by atoms with van der Waals surface area (Å²) >= 11 is 0. The van der Waals surface area contributed by atoms with Gasteiger partial charge in [0, 0.05) is 13.2 Å². The van der Waals surface area contributed by atoms with Crippen LogP contribution >= 0.6 is 0 Å². The average Bonchev–Trinajstić information content (AvgIpc) is 2.33. The molecule has 0 spiro atoms. The molecule has 5 heteroatoms. The van der Waals surface area contributed by atoms with E-state index >= 15 is 0 Å². The van der Waals surface area contributed by atoms with E-state index in [1.54, 1.807) is 0 Å². The first-order chi connectivity index (χ1) is 8.66. The van der Waals surface area contributed by atoms with Gasteiger partial charge in [0.05, 0.1) is 11.7 Å². The van der Waals surface area contributed by atoms with E-state index in [0.717, 1.165) is 31.4 Å². The van der Waals surface area contributed by atoms with Gasteiger partial charge in [-0.05, 0) is 37.9 Å². The van der Waals surface area contributed by atoms with E-state index in [1.165, 1.54) is 6.07 Å². The van der Waals surface area contributed by atoms with Gasteiger partial charge in [-0.3, -0.25) is 0 Å². The summed E-state index contributed by atoms with van der Waals surface area (Å²) in [6.45, 7) is 0.924. The van der Waals surface area contributed by atoms with Gasteiger partial charge in [-0.15, -0.1) is 0 Å². The molecule has 1 aromatic carbocycles. The maximum atomic E-state index is 13.3. The molecule has 18 heavy (non-hydrogen) atoms. The summed E-state index contributed by atoms with van der Waals surface area (Å²) in [6.07, 6.45) is 1.29. The number of halogens is 2. The minimum atomic E-state index is -1.19. The average molecular weight is 259 g/mol. The summed E-state index contributed by atoms with van der Waals surface area (Å²) in [7, 11) is 0. The molecule has 0 saturated heterocycles. The Morgan fingerprint density at radius 3 is 2.39 bits per heavy atom. The largest absolute Gasteiger partial charge is 0.396 e. The van der Waals surface area contributed by atoms with Gasteiger partial charge in [0.15, 0.2) is 0 Å². The molecule has 3 N–H and O–H groups in total. The molecule has 102 valence electrons. The second-order valence-electron chi connectivity index (χ2n) is 4.14. The maximum absolute atomic E-state index is 13.3. The van der Waals surface area contributed by atoms with Crippen LogP contribution in [0.1, 0.15) is 30.9 Å². The van der Waals surface area contributed by atoms with Crippen LogP contribution in [0.3, 0.4) is 0 Å². The highest BCUT2D eigenvalue weighted by Crippen LogP contribution is 2.19. The van der Waals surface area contributed by atoms with Gasteiger partial charge in [-0.1, -0.05) is 6.07 Å². The highest BCUT2D eigenvalue weighted by molar-refractivity contribution is 5.22. The lowest BCUT2D eigenvalue weighted by Gasteiger charge is -2.13. The monoisotopic (exact) mass is 259 g/mol. The Bertz CT molecular complexity index is 341. The van der Waals surface area contributed by atoms with Crippen molar-refractivity contribution >= 4 is 0 Å². The molecule has 0 amide bonds. The smallest absolute Gasteiger partial charge is 0.131 e. The number of rotatable bonds is 8. The van der Waals surface area contributed by atoms with Gasteiger partial charge < -0.3 is 15.5 Å². The van der Waals surface area contributed by atoms with Crippen molar-refractivity contribution in [3.63, 3.8) is 0 Å². The van der Waals surface area contributed by atoms with Crippen molar-refractivity contribution in [3.05, 3.63) is 35.4 Å². The Morgan fingerprint density at radius 1 is 1.11 bits per heavy atom. The molecule has 0 saturated carbocycles. The summed E-state index contributed by atoms with van der Waals surface area (Å²) in [6, 6.07) is 3.52. The Labute approximate surface area is 105 Å². The fraction of sp³-hybridized carbons (Fsp3) is 0.538. The van der Waals surface area contributed by atoms with E-state index in [9.17, 15) is 13.9 Å². The zero-order valence-corrected chi connectivity index (χ0v) is 10.2. The Balaban J connectivity index is 2.34. The van der Waals surface area contributed by atoms with Crippen LogP contribution in [-0.2, 0) is 0 Å². The second kappa shape index (κ2) is 8.13.